The molecule has 1 aliphatic carbocycles. The molecule has 114 valence electrons. The second kappa shape index (κ2) is 8.23. The van der Waals surface area contributed by atoms with E-state index in [2.05, 4.69) is 33.0 Å². The van der Waals surface area contributed by atoms with Gasteiger partial charge >= 0.3 is 0 Å². The lowest BCUT2D eigenvalue weighted by atomic mass is 9.71. The molecule has 3 atom stereocenters. The van der Waals surface area contributed by atoms with Gasteiger partial charge in [0, 0.05) is 12.6 Å². The molecule has 3 unspecified atom stereocenters. The lowest BCUT2D eigenvalue weighted by Gasteiger charge is -2.45. The van der Waals surface area contributed by atoms with Gasteiger partial charge in [-0.1, -0.05) is 27.2 Å². The highest BCUT2D eigenvalue weighted by Gasteiger charge is 2.39. The highest BCUT2D eigenvalue weighted by Crippen LogP contribution is 2.37. The molecule has 1 fully saturated rings. The molecule has 0 aromatic carbocycles. The van der Waals surface area contributed by atoms with Crippen molar-refractivity contribution in [3.05, 3.63) is 0 Å². The Morgan fingerprint density at radius 3 is 2.68 bits per heavy atom. The van der Waals surface area contributed by atoms with Gasteiger partial charge in [0.05, 0.1) is 18.8 Å². The van der Waals surface area contributed by atoms with Crippen molar-refractivity contribution in [3.8, 4) is 0 Å². The highest BCUT2D eigenvalue weighted by molar-refractivity contribution is 4.94. The van der Waals surface area contributed by atoms with Crippen molar-refractivity contribution in [3.63, 3.8) is 0 Å². The number of hydrogen-bond donors (Lipinski definition) is 1. The summed E-state index contributed by atoms with van der Waals surface area (Å²) < 4.78 is 11.7. The maximum atomic E-state index is 6.25. The van der Waals surface area contributed by atoms with E-state index in [0.717, 1.165) is 13.2 Å². The minimum absolute atomic E-state index is 0.185. The third-order valence-corrected chi connectivity index (χ3v) is 4.10. The van der Waals surface area contributed by atoms with E-state index >= 15 is 0 Å². The summed E-state index contributed by atoms with van der Waals surface area (Å²) in [6, 6.07) is 0.463. The van der Waals surface area contributed by atoms with Crippen LogP contribution in [0.15, 0.2) is 0 Å². The molecule has 0 heterocycles. The second-order valence-electron chi connectivity index (χ2n) is 6.46. The van der Waals surface area contributed by atoms with Gasteiger partial charge in [-0.05, 0) is 45.1 Å². The smallest absolute Gasteiger partial charge is 0.0785 e. The van der Waals surface area contributed by atoms with Crippen LogP contribution in [0.5, 0.6) is 0 Å². The number of hydrogen-bond acceptors (Lipinski definition) is 3. The van der Waals surface area contributed by atoms with Crippen LogP contribution in [0.25, 0.3) is 0 Å². The van der Waals surface area contributed by atoms with E-state index in [1.165, 1.54) is 25.7 Å². The Balaban J connectivity index is 2.56. The van der Waals surface area contributed by atoms with Gasteiger partial charge < -0.3 is 14.8 Å². The number of ether oxygens (including phenoxy) is 2. The quantitative estimate of drug-likeness (QED) is 0.734. The van der Waals surface area contributed by atoms with Crippen molar-refractivity contribution in [1.29, 1.82) is 0 Å². The van der Waals surface area contributed by atoms with Crippen molar-refractivity contribution in [2.75, 3.05) is 19.8 Å². The summed E-state index contributed by atoms with van der Waals surface area (Å²) in [5, 5.41) is 3.71. The van der Waals surface area contributed by atoms with Gasteiger partial charge in [-0.15, -0.1) is 0 Å². The summed E-state index contributed by atoms with van der Waals surface area (Å²) in [5.41, 5.74) is 0.323. The summed E-state index contributed by atoms with van der Waals surface area (Å²) in [6.45, 7) is 13.6. The molecule has 0 aromatic rings. The fraction of sp³-hybridized carbons (Fsp3) is 1.00. The molecular formula is C16H33NO2. The van der Waals surface area contributed by atoms with E-state index in [1.807, 2.05) is 6.92 Å². The molecule has 0 aromatic heterocycles. The first-order valence-corrected chi connectivity index (χ1v) is 7.97. The van der Waals surface area contributed by atoms with E-state index in [1.54, 1.807) is 0 Å². The Morgan fingerprint density at radius 2 is 2.05 bits per heavy atom. The van der Waals surface area contributed by atoms with Gasteiger partial charge in [-0.25, -0.2) is 0 Å². The molecule has 1 aliphatic rings. The molecular weight excluding hydrogens is 238 g/mol. The lowest BCUT2D eigenvalue weighted by Crippen LogP contribution is -2.54. The van der Waals surface area contributed by atoms with E-state index in [0.29, 0.717) is 24.2 Å². The zero-order valence-electron chi connectivity index (χ0n) is 13.5. The fourth-order valence-corrected chi connectivity index (χ4v) is 3.06. The van der Waals surface area contributed by atoms with E-state index in [-0.39, 0.29) is 6.10 Å². The topological polar surface area (TPSA) is 30.5 Å². The molecule has 0 bridgehead atoms. The monoisotopic (exact) mass is 271 g/mol. The first-order chi connectivity index (χ1) is 9.01. The Bertz CT molecular complexity index is 243. The zero-order chi connectivity index (χ0) is 14.3. The average Bonchev–Trinajstić information content (AvgIpc) is 2.35. The van der Waals surface area contributed by atoms with Crippen molar-refractivity contribution in [1.82, 2.24) is 5.32 Å². The molecule has 1 N–H and O–H groups in total. The molecule has 0 amide bonds. The first-order valence-electron chi connectivity index (χ1n) is 7.97. The summed E-state index contributed by atoms with van der Waals surface area (Å²) >= 11 is 0. The summed E-state index contributed by atoms with van der Waals surface area (Å²) in [7, 11) is 0. The molecule has 0 spiro atoms. The van der Waals surface area contributed by atoms with Gasteiger partial charge in [-0.2, -0.15) is 0 Å². The predicted octanol–water partition coefficient (Wildman–Crippen LogP) is 3.37. The highest BCUT2D eigenvalue weighted by atomic mass is 16.5. The SMILES string of the molecule is CCCNC1C(OC(C)COCC)CCCC1(C)C. The minimum atomic E-state index is 0.185. The molecule has 3 heteroatoms. The van der Waals surface area contributed by atoms with Crippen molar-refractivity contribution >= 4 is 0 Å². The first kappa shape index (κ1) is 16.9. The van der Waals surface area contributed by atoms with E-state index in [9.17, 15) is 0 Å². The van der Waals surface area contributed by atoms with Crippen LogP contribution in [0.4, 0.5) is 0 Å². The largest absolute Gasteiger partial charge is 0.379 e. The van der Waals surface area contributed by atoms with Crippen molar-refractivity contribution < 1.29 is 9.47 Å². The van der Waals surface area contributed by atoms with E-state index < -0.39 is 0 Å². The van der Waals surface area contributed by atoms with Crippen LogP contribution in [0, 0.1) is 5.41 Å². The van der Waals surface area contributed by atoms with Crippen molar-refractivity contribution in [2.24, 2.45) is 5.41 Å². The van der Waals surface area contributed by atoms with Gasteiger partial charge in [0.1, 0.15) is 0 Å². The maximum absolute atomic E-state index is 6.25. The van der Waals surface area contributed by atoms with Crippen LogP contribution in [0.2, 0.25) is 0 Å². The van der Waals surface area contributed by atoms with Crippen LogP contribution in [-0.4, -0.2) is 38.0 Å². The molecule has 3 nitrogen and oxygen atoms in total. The van der Waals surface area contributed by atoms with Crippen molar-refractivity contribution in [2.45, 2.75) is 78.6 Å². The van der Waals surface area contributed by atoms with Crippen LogP contribution in [0.3, 0.4) is 0 Å². The Hall–Kier alpha value is -0.120. The normalized spacial score (nSPS) is 28.3. The van der Waals surface area contributed by atoms with Gasteiger partial charge in [0.2, 0.25) is 0 Å². The summed E-state index contributed by atoms with van der Waals surface area (Å²) in [5.74, 6) is 0. The minimum Gasteiger partial charge on any atom is -0.379 e. The predicted molar refractivity (Wildman–Crippen MR) is 80.5 cm³/mol. The number of nitrogens with one attached hydrogen (secondary N) is 1. The Kier molecular flexibility index (Phi) is 7.33. The third kappa shape index (κ3) is 5.41. The third-order valence-electron chi connectivity index (χ3n) is 4.10. The van der Waals surface area contributed by atoms with Crippen LogP contribution in [-0.2, 0) is 9.47 Å². The van der Waals surface area contributed by atoms with Gasteiger partial charge in [-0.3, -0.25) is 0 Å². The molecule has 0 aliphatic heterocycles. The second-order valence-corrected chi connectivity index (χ2v) is 6.46. The van der Waals surface area contributed by atoms with Crippen LogP contribution >= 0.6 is 0 Å². The number of rotatable bonds is 8. The van der Waals surface area contributed by atoms with Gasteiger partial charge in [0.25, 0.3) is 0 Å². The fourth-order valence-electron chi connectivity index (χ4n) is 3.06. The standard InChI is InChI=1S/C16H33NO2/c1-6-11-17-15-14(9-8-10-16(15,4)5)19-13(3)12-18-7-2/h13-15,17H,6-12H2,1-5H3. The Morgan fingerprint density at radius 1 is 1.32 bits per heavy atom. The average molecular weight is 271 g/mol. The maximum Gasteiger partial charge on any atom is 0.0785 e. The molecule has 0 saturated heterocycles. The van der Waals surface area contributed by atoms with Gasteiger partial charge in [0.15, 0.2) is 0 Å². The Labute approximate surface area is 119 Å². The lowest BCUT2D eigenvalue weighted by molar-refractivity contribution is -0.0931. The molecule has 1 saturated carbocycles. The molecule has 1 rings (SSSR count). The summed E-state index contributed by atoms with van der Waals surface area (Å²) in [6.07, 6.45) is 5.41. The van der Waals surface area contributed by atoms with Crippen LogP contribution < -0.4 is 5.32 Å². The van der Waals surface area contributed by atoms with E-state index in [4.69, 9.17) is 9.47 Å². The summed E-state index contributed by atoms with van der Waals surface area (Å²) in [4.78, 5) is 0. The molecule has 19 heavy (non-hydrogen) atoms. The van der Waals surface area contributed by atoms with Crippen LogP contribution in [0.1, 0.15) is 60.3 Å². The zero-order valence-corrected chi connectivity index (χ0v) is 13.5. The molecule has 0 radical (unpaired) electrons.